The normalized spacial score (nSPS) is 52.0. The van der Waals surface area contributed by atoms with E-state index in [2.05, 4.69) is 118 Å². The Morgan fingerprint density at radius 2 is 0.750 bits per heavy atom. The Kier molecular flexibility index (Phi) is 18.2. The standard InChI is InChI=1S/C21H27BrO.C21H27ClO.C21H27FO.C21H27IO/c4*1-4-21(22)10-8-18-19-13(2)11-14-12-15(23)5-6-16(14)17(19)7-9-20(18,21)3/h4*1,12-13,16-19H,5-11H2,2-3H3/t4*13-,16?,17?,18?,19?,20+,21-/m1111/s1. The molecule has 12 fully saturated rings. The van der Waals surface area contributed by atoms with E-state index in [4.69, 9.17) is 37.3 Å². The van der Waals surface area contributed by atoms with Gasteiger partial charge in [-0.2, -0.15) is 0 Å². The van der Waals surface area contributed by atoms with Crippen molar-refractivity contribution in [1.82, 2.24) is 0 Å². The highest BCUT2D eigenvalue weighted by Crippen LogP contribution is 2.72. The van der Waals surface area contributed by atoms with Gasteiger partial charge in [-0.3, -0.25) is 19.2 Å². The number of rotatable bonds is 0. The molecule has 12 saturated carbocycles. The molecule has 16 aliphatic rings. The van der Waals surface area contributed by atoms with Crippen molar-refractivity contribution < 1.29 is 23.6 Å². The van der Waals surface area contributed by atoms with Gasteiger partial charge >= 0.3 is 0 Å². The van der Waals surface area contributed by atoms with E-state index in [0.29, 0.717) is 112 Å². The van der Waals surface area contributed by atoms with Crippen molar-refractivity contribution in [1.29, 1.82) is 0 Å². The zero-order valence-corrected chi connectivity index (χ0v) is 61.6. The molecule has 0 spiro atoms. The van der Waals surface area contributed by atoms with Crippen LogP contribution in [0.5, 0.6) is 0 Å². The number of carbonyl (C=O) groups excluding carboxylic acids is 4. The summed E-state index contributed by atoms with van der Waals surface area (Å²) in [7, 11) is 0. The quantitative estimate of drug-likeness (QED) is 0.138. The second-order valence-electron chi connectivity index (χ2n) is 35.2. The van der Waals surface area contributed by atoms with Gasteiger partial charge in [0.25, 0.3) is 0 Å². The van der Waals surface area contributed by atoms with Gasteiger partial charge in [0.15, 0.2) is 28.8 Å². The molecule has 0 radical (unpaired) electrons. The molecule has 0 N–H and O–H groups in total. The molecule has 0 amide bonds. The lowest BCUT2D eigenvalue weighted by Gasteiger charge is -2.57. The van der Waals surface area contributed by atoms with Gasteiger partial charge in [-0.15, -0.1) is 37.3 Å². The second kappa shape index (κ2) is 24.6. The summed E-state index contributed by atoms with van der Waals surface area (Å²) in [4.78, 5) is 46.9. The number of ketones is 4. The zero-order valence-electron chi connectivity index (χ0n) is 57.1. The summed E-state index contributed by atoms with van der Waals surface area (Å²) in [5, 5.41) is 0. The molecule has 0 aromatic heterocycles. The van der Waals surface area contributed by atoms with Crippen molar-refractivity contribution in [3.8, 4) is 49.4 Å². The van der Waals surface area contributed by atoms with Gasteiger partial charge in [-0.1, -0.05) is 140 Å². The molecule has 0 saturated heterocycles. The molecule has 16 aliphatic carbocycles. The molecule has 0 heterocycles. The van der Waals surface area contributed by atoms with E-state index in [0.717, 1.165) is 156 Å². The average Bonchev–Trinajstić information content (AvgIpc) is 1.48. The summed E-state index contributed by atoms with van der Waals surface area (Å²) >= 11 is 13.5. The first-order valence-corrected chi connectivity index (χ1v) is 39.4. The first-order valence-electron chi connectivity index (χ1n) is 37.2. The van der Waals surface area contributed by atoms with Crippen LogP contribution in [0.2, 0.25) is 0 Å². The molecule has 0 aliphatic heterocycles. The first-order chi connectivity index (χ1) is 43.6. The van der Waals surface area contributed by atoms with Crippen LogP contribution in [0.1, 0.15) is 235 Å². The Labute approximate surface area is 581 Å². The number of hydrogen-bond donors (Lipinski definition) is 0. The van der Waals surface area contributed by atoms with Crippen molar-refractivity contribution in [2.75, 3.05) is 0 Å². The third-order valence-corrected chi connectivity index (χ3v) is 36.2. The van der Waals surface area contributed by atoms with Crippen LogP contribution in [0.15, 0.2) is 46.6 Å². The predicted octanol–water partition coefficient (Wildman–Crippen LogP) is 20.0. The van der Waals surface area contributed by atoms with E-state index < -0.39 is 10.5 Å². The average molecular weight is 1440 g/mol. The van der Waals surface area contributed by atoms with E-state index in [1.807, 2.05) is 24.3 Å². The van der Waals surface area contributed by atoms with Crippen molar-refractivity contribution in [3.05, 3.63) is 46.6 Å². The van der Waals surface area contributed by atoms with Crippen molar-refractivity contribution in [2.24, 2.45) is 140 Å². The van der Waals surface area contributed by atoms with Crippen LogP contribution in [-0.4, -0.2) is 41.4 Å². The van der Waals surface area contributed by atoms with Crippen molar-refractivity contribution >= 4 is 73.3 Å². The number of allylic oxidation sites excluding steroid dienone is 4. The van der Waals surface area contributed by atoms with E-state index in [1.165, 1.54) is 80.1 Å². The lowest BCUT2D eigenvalue weighted by Crippen LogP contribution is -2.52. The Morgan fingerprint density at radius 3 is 1.13 bits per heavy atom. The topological polar surface area (TPSA) is 68.3 Å². The van der Waals surface area contributed by atoms with Gasteiger partial charge in [0.1, 0.15) is 4.87 Å². The zero-order chi connectivity index (χ0) is 65.6. The summed E-state index contributed by atoms with van der Waals surface area (Å²) < 4.78 is 15.3. The van der Waals surface area contributed by atoms with Gasteiger partial charge in [0.2, 0.25) is 0 Å². The third kappa shape index (κ3) is 10.5. The largest absolute Gasteiger partial charge is 0.295 e. The fraction of sp³-hybridized carbons (Fsp3) is 0.762. The minimum absolute atomic E-state index is 0.0543. The summed E-state index contributed by atoms with van der Waals surface area (Å²) in [6, 6.07) is 0. The molecule has 8 heteroatoms. The molecule has 28 atom stereocenters. The highest BCUT2D eigenvalue weighted by Gasteiger charge is 2.68. The van der Waals surface area contributed by atoms with Gasteiger partial charge in [0.05, 0.1) is 7.75 Å². The molecule has 496 valence electrons. The summed E-state index contributed by atoms with van der Waals surface area (Å²) in [6.45, 7) is 19.0. The van der Waals surface area contributed by atoms with Crippen LogP contribution in [-0.2, 0) is 19.2 Å². The van der Waals surface area contributed by atoms with E-state index in [-0.39, 0.29) is 24.0 Å². The van der Waals surface area contributed by atoms with E-state index in [1.54, 1.807) is 0 Å². The summed E-state index contributed by atoms with van der Waals surface area (Å²) in [5.41, 5.74) is 4.67. The van der Waals surface area contributed by atoms with E-state index in [9.17, 15) is 19.2 Å². The molecule has 0 aromatic carbocycles. The maximum Gasteiger partial charge on any atom is 0.176 e. The second-order valence-corrected chi connectivity index (χ2v) is 39.0. The Morgan fingerprint density at radius 1 is 0.424 bits per heavy atom. The fourth-order valence-electron chi connectivity index (χ4n) is 27.2. The Bertz CT molecular complexity index is 2900. The summed E-state index contributed by atoms with van der Waals surface area (Å²) in [6.07, 6.45) is 61.0. The van der Waals surface area contributed by atoms with Crippen LogP contribution in [0.4, 0.5) is 4.39 Å². The smallest absolute Gasteiger partial charge is 0.176 e. The minimum Gasteiger partial charge on any atom is -0.295 e. The highest BCUT2D eigenvalue weighted by atomic mass is 127. The molecule has 16 unspecified atom stereocenters. The van der Waals surface area contributed by atoms with Crippen molar-refractivity contribution in [2.45, 2.75) is 253 Å². The van der Waals surface area contributed by atoms with E-state index >= 15 is 4.39 Å². The van der Waals surface area contributed by atoms with Gasteiger partial charge in [-0.25, -0.2) is 4.39 Å². The maximum absolute atomic E-state index is 15.3. The Balaban J connectivity index is 0.000000112. The number of halogens is 4. The molecule has 4 nitrogen and oxygen atoms in total. The summed E-state index contributed by atoms with van der Waals surface area (Å²) in [5.74, 6) is 26.8. The number of fused-ring (bicyclic) bond motifs is 20. The predicted molar refractivity (Wildman–Crippen MR) is 383 cm³/mol. The highest BCUT2D eigenvalue weighted by molar-refractivity contribution is 14.1. The molecule has 0 bridgehead atoms. The number of carbonyl (C=O) groups is 4. The van der Waals surface area contributed by atoms with Gasteiger partial charge in [-0.05, 0) is 308 Å². The third-order valence-electron chi connectivity index (χ3n) is 31.9. The molecular weight excluding hydrogens is 1330 g/mol. The van der Waals surface area contributed by atoms with Gasteiger partial charge < -0.3 is 0 Å². The van der Waals surface area contributed by atoms with Crippen LogP contribution in [0.3, 0.4) is 0 Å². The van der Waals surface area contributed by atoms with Crippen LogP contribution >= 0.6 is 50.1 Å². The Hall–Kier alpha value is -2.69. The molecule has 92 heavy (non-hydrogen) atoms. The van der Waals surface area contributed by atoms with Gasteiger partial charge in [0, 0.05) is 36.5 Å². The molecule has 16 rings (SSSR count). The number of hydrogen-bond acceptors (Lipinski definition) is 4. The maximum atomic E-state index is 15.3. The van der Waals surface area contributed by atoms with Crippen molar-refractivity contribution in [3.63, 3.8) is 0 Å². The van der Waals surface area contributed by atoms with Crippen LogP contribution in [0, 0.1) is 189 Å². The first kappa shape index (κ1) is 67.9. The monoisotopic (exact) mass is 1440 g/mol. The van der Waals surface area contributed by atoms with Crippen LogP contribution in [0.25, 0.3) is 0 Å². The SMILES string of the molecule is C#C[C@@]1(Br)CCC2C3C(CC[C@@]21C)C1CCC(=O)C=C1C[C@H]3C.C#C[C@@]1(Cl)CCC2C3C(CC[C@@]21C)C1CCC(=O)C=C1C[C@H]3C.C#C[C@@]1(F)CCC2C3C(CC[C@@]21C)C1CCC(=O)C=C1C[C@H]3C.C#C[C@@]1(I)CCC2C3C(CC[C@@]21C)C1CCC(=O)C=C1C[C@H]3C. The lowest BCUT2D eigenvalue weighted by atomic mass is 9.48. The molecule has 0 aromatic rings. The lowest BCUT2D eigenvalue weighted by molar-refractivity contribution is -0.117. The number of terminal acetylenes is 4. The van der Waals surface area contributed by atoms with Crippen LogP contribution < -0.4 is 0 Å². The number of alkyl halides is 4. The molecular formula is C84H108BrClFIO4. The fourth-order valence-corrected chi connectivity index (χ4v) is 29.3. The minimum atomic E-state index is -1.42.